The molecule has 1 aromatic heterocycles. The second kappa shape index (κ2) is 6.29. The summed E-state index contributed by atoms with van der Waals surface area (Å²) < 4.78 is 0. The molecule has 0 saturated heterocycles. The Morgan fingerprint density at radius 1 is 0.810 bits per heavy atom. The van der Waals surface area contributed by atoms with Crippen molar-refractivity contribution in [2.24, 2.45) is 11.8 Å². The molecule has 0 unspecified atom stereocenters. The van der Waals surface area contributed by atoms with Gasteiger partial charge in [-0.25, -0.2) is 4.98 Å². The zero-order valence-electron chi connectivity index (χ0n) is 13.4. The molecule has 0 aromatic carbocycles. The van der Waals surface area contributed by atoms with Crippen LogP contribution in [0.4, 0.5) is 5.95 Å². The predicted molar refractivity (Wildman–Crippen MR) is 85.0 cm³/mol. The first-order valence-corrected chi connectivity index (χ1v) is 8.65. The van der Waals surface area contributed by atoms with E-state index < -0.39 is 0 Å². The fraction of sp³-hybridized carbons (Fsp3) is 0.824. The summed E-state index contributed by atoms with van der Waals surface area (Å²) in [5, 5.41) is 0. The fourth-order valence-corrected chi connectivity index (χ4v) is 4.02. The van der Waals surface area contributed by atoms with E-state index in [4.69, 9.17) is 10.7 Å². The van der Waals surface area contributed by atoms with E-state index in [0.717, 1.165) is 23.5 Å². The molecule has 0 amide bonds. The monoisotopic (exact) mass is 288 g/mol. The first-order chi connectivity index (χ1) is 10.1. The van der Waals surface area contributed by atoms with Gasteiger partial charge in [0.15, 0.2) is 0 Å². The maximum absolute atomic E-state index is 5.95. The molecule has 2 saturated carbocycles. The highest BCUT2D eigenvalue weighted by Crippen LogP contribution is 2.38. The van der Waals surface area contributed by atoms with Gasteiger partial charge in [0.1, 0.15) is 11.6 Å². The molecular weight excluding hydrogens is 260 g/mol. The zero-order valence-corrected chi connectivity index (χ0v) is 13.4. The maximum Gasteiger partial charge on any atom is 0.223 e. The minimum Gasteiger partial charge on any atom is -0.368 e. The molecule has 2 aliphatic carbocycles. The molecule has 4 heteroatoms. The summed E-state index contributed by atoms with van der Waals surface area (Å²) in [4.78, 5) is 13.7. The number of rotatable bonds is 3. The minimum absolute atomic E-state index is 0.424. The topological polar surface area (TPSA) is 64.7 Å². The Labute approximate surface area is 128 Å². The Balaban J connectivity index is 1.73. The lowest BCUT2D eigenvalue weighted by Gasteiger charge is -2.30. The van der Waals surface area contributed by atoms with Crippen LogP contribution in [0.2, 0.25) is 0 Å². The van der Waals surface area contributed by atoms with Crippen molar-refractivity contribution in [1.29, 1.82) is 0 Å². The van der Waals surface area contributed by atoms with E-state index in [1.165, 1.54) is 51.4 Å². The second-order valence-corrected chi connectivity index (χ2v) is 7.25. The SMILES string of the molecule is CC(C)C1CCC(c2nc(N)nc(C3CCCC3)n2)CC1. The van der Waals surface area contributed by atoms with Crippen molar-refractivity contribution < 1.29 is 0 Å². The normalized spacial score (nSPS) is 27.4. The standard InChI is InChI=1S/C17H28N4/c1-11(2)12-7-9-14(10-8-12)16-19-15(20-17(18)21-16)13-5-3-4-6-13/h11-14H,3-10H2,1-2H3,(H2,18,19,20,21). The number of aromatic nitrogens is 3. The molecule has 0 bridgehead atoms. The summed E-state index contributed by atoms with van der Waals surface area (Å²) in [6.07, 6.45) is 10.0. The van der Waals surface area contributed by atoms with Crippen LogP contribution >= 0.6 is 0 Å². The molecule has 0 radical (unpaired) electrons. The Morgan fingerprint density at radius 2 is 1.33 bits per heavy atom. The van der Waals surface area contributed by atoms with Crippen LogP contribution in [0.15, 0.2) is 0 Å². The number of anilines is 1. The molecular formula is C17H28N4. The van der Waals surface area contributed by atoms with Crippen LogP contribution in [0, 0.1) is 11.8 Å². The smallest absolute Gasteiger partial charge is 0.223 e. The second-order valence-electron chi connectivity index (χ2n) is 7.25. The average molecular weight is 288 g/mol. The average Bonchev–Trinajstić information content (AvgIpc) is 3.01. The minimum atomic E-state index is 0.424. The van der Waals surface area contributed by atoms with Gasteiger partial charge in [0.2, 0.25) is 5.95 Å². The Hall–Kier alpha value is -1.19. The lowest BCUT2D eigenvalue weighted by atomic mass is 9.77. The van der Waals surface area contributed by atoms with Crippen LogP contribution < -0.4 is 5.73 Å². The Bertz CT molecular complexity index is 472. The number of nitrogens with zero attached hydrogens (tertiary/aromatic N) is 3. The Morgan fingerprint density at radius 3 is 1.86 bits per heavy atom. The molecule has 1 aromatic rings. The van der Waals surface area contributed by atoms with Crippen molar-refractivity contribution in [2.45, 2.75) is 77.0 Å². The van der Waals surface area contributed by atoms with Gasteiger partial charge in [-0.3, -0.25) is 0 Å². The summed E-state index contributed by atoms with van der Waals surface area (Å²) >= 11 is 0. The van der Waals surface area contributed by atoms with Crippen molar-refractivity contribution in [3.8, 4) is 0 Å². The van der Waals surface area contributed by atoms with E-state index in [1.807, 2.05) is 0 Å². The van der Waals surface area contributed by atoms with E-state index in [1.54, 1.807) is 0 Å². The highest BCUT2D eigenvalue weighted by molar-refractivity contribution is 5.19. The van der Waals surface area contributed by atoms with E-state index in [0.29, 0.717) is 17.8 Å². The molecule has 3 rings (SSSR count). The summed E-state index contributed by atoms with van der Waals surface area (Å²) in [5.41, 5.74) is 5.95. The van der Waals surface area contributed by atoms with E-state index in [2.05, 4.69) is 23.8 Å². The first-order valence-electron chi connectivity index (χ1n) is 8.65. The molecule has 116 valence electrons. The van der Waals surface area contributed by atoms with Gasteiger partial charge in [-0.05, 0) is 50.4 Å². The number of hydrogen-bond acceptors (Lipinski definition) is 4. The van der Waals surface area contributed by atoms with E-state index >= 15 is 0 Å². The van der Waals surface area contributed by atoms with Crippen molar-refractivity contribution in [1.82, 2.24) is 15.0 Å². The van der Waals surface area contributed by atoms with Gasteiger partial charge in [-0.2, -0.15) is 9.97 Å². The van der Waals surface area contributed by atoms with Gasteiger partial charge < -0.3 is 5.73 Å². The highest BCUT2D eigenvalue weighted by Gasteiger charge is 2.28. The molecule has 21 heavy (non-hydrogen) atoms. The summed E-state index contributed by atoms with van der Waals surface area (Å²) in [7, 11) is 0. The summed E-state index contributed by atoms with van der Waals surface area (Å²) in [6, 6.07) is 0. The summed E-state index contributed by atoms with van der Waals surface area (Å²) in [6.45, 7) is 4.67. The molecule has 0 spiro atoms. The maximum atomic E-state index is 5.95. The molecule has 0 aliphatic heterocycles. The largest absolute Gasteiger partial charge is 0.368 e. The lowest BCUT2D eigenvalue weighted by Crippen LogP contribution is -2.20. The molecule has 1 heterocycles. The van der Waals surface area contributed by atoms with Gasteiger partial charge in [-0.1, -0.05) is 26.7 Å². The van der Waals surface area contributed by atoms with E-state index in [-0.39, 0.29) is 0 Å². The van der Waals surface area contributed by atoms with E-state index in [9.17, 15) is 0 Å². The van der Waals surface area contributed by atoms with Crippen LogP contribution in [0.1, 0.15) is 88.7 Å². The van der Waals surface area contributed by atoms with Crippen LogP contribution in [0.3, 0.4) is 0 Å². The van der Waals surface area contributed by atoms with Crippen molar-refractivity contribution in [2.75, 3.05) is 5.73 Å². The lowest BCUT2D eigenvalue weighted by molar-refractivity contribution is 0.254. The summed E-state index contributed by atoms with van der Waals surface area (Å²) in [5.74, 6) is 5.02. The molecule has 2 aliphatic rings. The third-order valence-electron chi connectivity index (χ3n) is 5.49. The van der Waals surface area contributed by atoms with Crippen molar-refractivity contribution in [3.05, 3.63) is 11.6 Å². The first kappa shape index (κ1) is 14.7. The molecule has 2 fully saturated rings. The van der Waals surface area contributed by atoms with Gasteiger partial charge >= 0.3 is 0 Å². The quantitative estimate of drug-likeness (QED) is 0.911. The fourth-order valence-electron chi connectivity index (χ4n) is 4.02. The third kappa shape index (κ3) is 3.35. The van der Waals surface area contributed by atoms with Crippen LogP contribution in [-0.2, 0) is 0 Å². The van der Waals surface area contributed by atoms with Crippen LogP contribution in [0.5, 0.6) is 0 Å². The zero-order chi connectivity index (χ0) is 14.8. The predicted octanol–water partition coefficient (Wildman–Crippen LogP) is 4.04. The number of hydrogen-bond donors (Lipinski definition) is 1. The highest BCUT2D eigenvalue weighted by atomic mass is 15.1. The number of nitrogen functional groups attached to an aromatic ring is 1. The van der Waals surface area contributed by atoms with Crippen molar-refractivity contribution in [3.63, 3.8) is 0 Å². The van der Waals surface area contributed by atoms with Gasteiger partial charge in [0.05, 0.1) is 0 Å². The van der Waals surface area contributed by atoms with Gasteiger partial charge in [-0.15, -0.1) is 0 Å². The molecule has 2 N–H and O–H groups in total. The van der Waals surface area contributed by atoms with Crippen molar-refractivity contribution >= 4 is 5.95 Å². The van der Waals surface area contributed by atoms with Crippen LogP contribution in [-0.4, -0.2) is 15.0 Å². The molecule has 4 nitrogen and oxygen atoms in total. The van der Waals surface area contributed by atoms with Crippen LogP contribution in [0.25, 0.3) is 0 Å². The third-order valence-corrected chi connectivity index (χ3v) is 5.49. The number of nitrogens with two attached hydrogens (primary N) is 1. The molecule has 0 atom stereocenters. The van der Waals surface area contributed by atoms with Gasteiger partial charge in [0.25, 0.3) is 0 Å². The Kier molecular flexibility index (Phi) is 4.41. The van der Waals surface area contributed by atoms with Gasteiger partial charge in [0, 0.05) is 11.8 Å².